The van der Waals surface area contributed by atoms with Gasteiger partial charge in [0, 0.05) is 5.56 Å². The first-order valence-corrected chi connectivity index (χ1v) is 10.9. The third-order valence-electron chi connectivity index (χ3n) is 5.72. The summed E-state index contributed by atoms with van der Waals surface area (Å²) in [4.78, 5) is 17.6. The molecule has 0 saturated carbocycles. The molecule has 1 N–H and O–H groups in total. The lowest BCUT2D eigenvalue weighted by Gasteiger charge is -2.12. The fraction of sp³-hybridized carbons (Fsp3) is 0.231. The lowest BCUT2D eigenvalue weighted by molar-refractivity contribution is 0.102. The Balaban J connectivity index is 1.66. The van der Waals surface area contributed by atoms with Crippen molar-refractivity contribution < 1.29 is 13.9 Å². The number of ether oxygens (including phenoxy) is 1. The van der Waals surface area contributed by atoms with Crippen LogP contribution in [-0.2, 0) is 0 Å². The normalized spacial score (nSPS) is 12.0. The maximum atomic E-state index is 12.9. The highest BCUT2D eigenvalue weighted by molar-refractivity contribution is 6.34. The van der Waals surface area contributed by atoms with Crippen LogP contribution in [0.25, 0.3) is 22.6 Å². The first kappa shape index (κ1) is 21.9. The Labute approximate surface area is 192 Å². The zero-order chi connectivity index (χ0) is 22.8. The van der Waals surface area contributed by atoms with Gasteiger partial charge in [-0.1, -0.05) is 43.6 Å². The first-order chi connectivity index (χ1) is 15.4. The number of fused-ring (bicyclic) bond motifs is 1. The van der Waals surface area contributed by atoms with Crippen LogP contribution in [0.5, 0.6) is 5.75 Å². The molecule has 1 heterocycles. The Morgan fingerprint density at radius 3 is 2.75 bits per heavy atom. The molecule has 1 aromatic heterocycles. The number of hydrogen-bond acceptors (Lipinski definition) is 4. The number of aromatic nitrogens is 1. The highest BCUT2D eigenvalue weighted by Gasteiger charge is 2.17. The Hall–Kier alpha value is -3.31. The van der Waals surface area contributed by atoms with Crippen LogP contribution in [-0.4, -0.2) is 18.0 Å². The molecule has 0 bridgehead atoms. The van der Waals surface area contributed by atoms with Crippen molar-refractivity contribution in [2.45, 2.75) is 33.1 Å². The van der Waals surface area contributed by atoms with Crippen molar-refractivity contribution in [1.82, 2.24) is 4.98 Å². The number of para-hydroxylation sites is 1. The van der Waals surface area contributed by atoms with Crippen LogP contribution in [0.4, 0.5) is 5.69 Å². The Morgan fingerprint density at radius 1 is 1.19 bits per heavy atom. The van der Waals surface area contributed by atoms with Gasteiger partial charge in [0.1, 0.15) is 11.3 Å². The van der Waals surface area contributed by atoms with Gasteiger partial charge in [-0.25, -0.2) is 4.98 Å². The van der Waals surface area contributed by atoms with Gasteiger partial charge in [0.2, 0.25) is 5.89 Å². The molecular formula is C26H25ClN2O3. The number of methoxy groups -OCH3 is 1. The highest BCUT2D eigenvalue weighted by atomic mass is 35.5. The summed E-state index contributed by atoms with van der Waals surface area (Å²) in [6, 6.07) is 16.8. The summed E-state index contributed by atoms with van der Waals surface area (Å²) < 4.78 is 11.4. The van der Waals surface area contributed by atoms with Gasteiger partial charge in [-0.15, -0.1) is 0 Å². The van der Waals surface area contributed by atoms with Crippen molar-refractivity contribution in [3.05, 3.63) is 76.3 Å². The maximum absolute atomic E-state index is 12.9. The van der Waals surface area contributed by atoms with Crippen molar-refractivity contribution in [2.24, 2.45) is 0 Å². The molecule has 0 saturated heterocycles. The summed E-state index contributed by atoms with van der Waals surface area (Å²) in [5.74, 6) is 1.16. The van der Waals surface area contributed by atoms with Crippen LogP contribution in [0.15, 0.2) is 59.0 Å². The molecule has 0 spiro atoms. The molecule has 0 aliphatic rings. The van der Waals surface area contributed by atoms with Crippen molar-refractivity contribution >= 4 is 34.3 Å². The van der Waals surface area contributed by atoms with E-state index in [1.54, 1.807) is 25.3 Å². The minimum Gasteiger partial charge on any atom is -0.496 e. The fourth-order valence-corrected chi connectivity index (χ4v) is 3.82. The second kappa shape index (κ2) is 9.05. The minimum atomic E-state index is -0.305. The summed E-state index contributed by atoms with van der Waals surface area (Å²) >= 11 is 6.37. The molecule has 1 unspecified atom stereocenters. The van der Waals surface area contributed by atoms with Gasteiger partial charge in [-0.3, -0.25) is 4.79 Å². The Kier molecular flexibility index (Phi) is 6.19. The van der Waals surface area contributed by atoms with Gasteiger partial charge in [0.05, 0.1) is 23.4 Å². The number of amides is 1. The molecule has 0 radical (unpaired) electrons. The van der Waals surface area contributed by atoms with Crippen molar-refractivity contribution in [1.29, 1.82) is 0 Å². The van der Waals surface area contributed by atoms with E-state index in [0.717, 1.165) is 28.6 Å². The molecule has 32 heavy (non-hydrogen) atoms. The monoisotopic (exact) mass is 448 g/mol. The summed E-state index contributed by atoms with van der Waals surface area (Å²) in [6.45, 7) is 6.25. The van der Waals surface area contributed by atoms with Gasteiger partial charge >= 0.3 is 0 Å². The summed E-state index contributed by atoms with van der Waals surface area (Å²) in [6.07, 6.45) is 1.06. The smallest absolute Gasteiger partial charge is 0.259 e. The van der Waals surface area contributed by atoms with Crippen molar-refractivity contribution in [3.8, 4) is 17.2 Å². The number of rotatable bonds is 6. The van der Waals surface area contributed by atoms with E-state index < -0.39 is 0 Å². The van der Waals surface area contributed by atoms with Crippen LogP contribution in [0.1, 0.15) is 47.7 Å². The molecule has 6 heteroatoms. The van der Waals surface area contributed by atoms with Crippen molar-refractivity contribution in [3.63, 3.8) is 0 Å². The van der Waals surface area contributed by atoms with Crippen LogP contribution < -0.4 is 10.1 Å². The number of aryl methyl sites for hydroxylation is 1. The van der Waals surface area contributed by atoms with Gasteiger partial charge in [0.15, 0.2) is 5.58 Å². The number of benzene rings is 3. The second-order valence-corrected chi connectivity index (χ2v) is 8.27. The number of halogens is 1. The topological polar surface area (TPSA) is 64.4 Å². The maximum Gasteiger partial charge on any atom is 0.259 e. The first-order valence-electron chi connectivity index (χ1n) is 10.6. The SMILES string of the molecule is CCC(C)c1ccc2oc(-c3ccc(Cl)c(NC(=O)c4cccc(C)c4OC)c3)nc2c1. The molecule has 3 aromatic carbocycles. The average Bonchev–Trinajstić information content (AvgIpc) is 3.23. The molecule has 1 atom stereocenters. The molecule has 164 valence electrons. The lowest BCUT2D eigenvalue weighted by Crippen LogP contribution is -2.14. The van der Waals surface area contributed by atoms with Crippen molar-refractivity contribution in [2.75, 3.05) is 12.4 Å². The van der Waals surface area contributed by atoms with E-state index in [2.05, 4.69) is 36.3 Å². The summed E-state index contributed by atoms with van der Waals surface area (Å²) in [5.41, 5.74) is 5.27. The minimum absolute atomic E-state index is 0.305. The zero-order valence-electron chi connectivity index (χ0n) is 18.5. The number of oxazole rings is 1. The van der Waals surface area contributed by atoms with Crippen LogP contribution in [0.2, 0.25) is 5.02 Å². The predicted octanol–water partition coefficient (Wildman–Crippen LogP) is 7.23. The van der Waals surface area contributed by atoms with Gasteiger partial charge in [0.25, 0.3) is 5.91 Å². The van der Waals surface area contributed by atoms with E-state index in [1.165, 1.54) is 5.56 Å². The molecule has 0 aliphatic carbocycles. The van der Waals surface area contributed by atoms with Gasteiger partial charge in [-0.05, 0) is 66.8 Å². The third-order valence-corrected chi connectivity index (χ3v) is 6.04. The van der Waals surface area contributed by atoms with E-state index in [4.69, 9.17) is 20.8 Å². The van der Waals surface area contributed by atoms with E-state index in [9.17, 15) is 4.79 Å². The highest BCUT2D eigenvalue weighted by Crippen LogP contribution is 2.32. The van der Waals surface area contributed by atoms with E-state index in [-0.39, 0.29) is 5.91 Å². The number of nitrogens with one attached hydrogen (secondary N) is 1. The fourth-order valence-electron chi connectivity index (χ4n) is 3.66. The van der Waals surface area contributed by atoms with Crippen LogP contribution >= 0.6 is 11.6 Å². The second-order valence-electron chi connectivity index (χ2n) is 7.86. The van der Waals surface area contributed by atoms with Crippen LogP contribution in [0, 0.1) is 6.92 Å². The summed E-state index contributed by atoms with van der Waals surface area (Å²) in [7, 11) is 1.55. The third kappa shape index (κ3) is 4.21. The van der Waals surface area contributed by atoms with Crippen LogP contribution in [0.3, 0.4) is 0 Å². The number of carbonyl (C=O) groups excluding carboxylic acids is 1. The molecule has 1 amide bonds. The predicted molar refractivity (Wildman–Crippen MR) is 129 cm³/mol. The van der Waals surface area contributed by atoms with E-state index in [0.29, 0.717) is 33.8 Å². The van der Waals surface area contributed by atoms with E-state index in [1.807, 2.05) is 31.2 Å². The number of anilines is 1. The molecule has 0 aliphatic heterocycles. The average molecular weight is 449 g/mol. The largest absolute Gasteiger partial charge is 0.496 e. The quantitative estimate of drug-likeness (QED) is 0.338. The standard InChI is InChI=1S/C26H25ClN2O3/c1-5-15(2)17-10-12-23-22(13-17)29-26(32-23)18-9-11-20(27)21(14-18)28-25(30)19-8-6-7-16(3)24(19)31-4/h6-15H,5H2,1-4H3,(H,28,30). The Morgan fingerprint density at radius 2 is 2.00 bits per heavy atom. The summed E-state index contributed by atoms with van der Waals surface area (Å²) in [5, 5.41) is 3.30. The lowest BCUT2D eigenvalue weighted by atomic mass is 9.98. The zero-order valence-corrected chi connectivity index (χ0v) is 19.3. The van der Waals surface area contributed by atoms with E-state index >= 15 is 0 Å². The molecule has 0 fully saturated rings. The molecule has 4 aromatic rings. The van der Waals surface area contributed by atoms with Gasteiger partial charge < -0.3 is 14.5 Å². The number of carbonyl (C=O) groups is 1. The molecular weight excluding hydrogens is 424 g/mol. The van der Waals surface area contributed by atoms with Gasteiger partial charge in [-0.2, -0.15) is 0 Å². The Bertz CT molecular complexity index is 1300. The molecule has 5 nitrogen and oxygen atoms in total. The number of nitrogens with zero attached hydrogens (tertiary/aromatic N) is 1. The molecule has 4 rings (SSSR count). The number of hydrogen-bond donors (Lipinski definition) is 1.